The first-order chi connectivity index (χ1) is 15.0. The van der Waals surface area contributed by atoms with Gasteiger partial charge in [-0.15, -0.1) is 0 Å². The van der Waals surface area contributed by atoms with Gasteiger partial charge in [-0.2, -0.15) is 0 Å². The first kappa shape index (κ1) is 20.1. The van der Waals surface area contributed by atoms with Gasteiger partial charge in [-0.05, 0) is 48.4 Å². The molecule has 0 aliphatic rings. The molecule has 5 heteroatoms. The lowest BCUT2D eigenvalue weighted by Crippen LogP contribution is -2.21. The highest BCUT2D eigenvalue weighted by Crippen LogP contribution is 2.11. The molecule has 0 saturated carbocycles. The van der Waals surface area contributed by atoms with E-state index in [-0.39, 0.29) is 11.1 Å². The van der Waals surface area contributed by atoms with Crippen LogP contribution in [0, 0.1) is 18.8 Å². The Morgan fingerprint density at radius 3 is 2.42 bits per heavy atom. The number of hydrogen-bond donors (Lipinski definition) is 1. The van der Waals surface area contributed by atoms with Gasteiger partial charge in [0.15, 0.2) is 0 Å². The highest BCUT2D eigenvalue weighted by Gasteiger charge is 2.07. The Morgan fingerprint density at radius 2 is 1.71 bits per heavy atom. The minimum atomic E-state index is -0.980. The maximum atomic E-state index is 13.0. The SMILES string of the molecule is Cc1ccc(CC#Cc2ccc3ncn(Cc4ccc(C(=O)O)cc4)c(=O)c3c2)cc1. The number of aromatic carboxylic acids is 1. The molecule has 1 heterocycles. The number of fused-ring (bicyclic) bond motifs is 1. The Hall–Kier alpha value is -4.17. The van der Waals surface area contributed by atoms with Gasteiger partial charge in [-0.1, -0.05) is 53.8 Å². The van der Waals surface area contributed by atoms with Gasteiger partial charge in [0, 0.05) is 12.0 Å². The number of aromatic nitrogens is 2. The Kier molecular flexibility index (Phi) is 5.63. The lowest BCUT2D eigenvalue weighted by Gasteiger charge is -2.07. The molecule has 0 unspecified atom stereocenters. The van der Waals surface area contributed by atoms with Crippen LogP contribution in [0.4, 0.5) is 0 Å². The zero-order chi connectivity index (χ0) is 21.8. The molecule has 0 bridgehead atoms. The summed E-state index contributed by atoms with van der Waals surface area (Å²) in [5, 5.41) is 9.52. The lowest BCUT2D eigenvalue weighted by molar-refractivity contribution is 0.0697. The van der Waals surface area contributed by atoms with E-state index in [2.05, 4.69) is 48.0 Å². The van der Waals surface area contributed by atoms with Crippen LogP contribution < -0.4 is 5.56 Å². The molecule has 0 amide bonds. The summed E-state index contributed by atoms with van der Waals surface area (Å²) >= 11 is 0. The van der Waals surface area contributed by atoms with Crippen LogP contribution in [0.1, 0.15) is 32.6 Å². The Balaban J connectivity index is 1.58. The summed E-state index contributed by atoms with van der Waals surface area (Å²) < 4.78 is 1.52. The van der Waals surface area contributed by atoms with Crippen molar-refractivity contribution in [1.82, 2.24) is 9.55 Å². The van der Waals surface area contributed by atoms with Crippen molar-refractivity contribution in [2.45, 2.75) is 19.9 Å². The summed E-state index contributed by atoms with van der Waals surface area (Å²) in [5.74, 6) is 5.32. The second kappa shape index (κ2) is 8.68. The van der Waals surface area contributed by atoms with Gasteiger partial charge in [0.1, 0.15) is 0 Å². The summed E-state index contributed by atoms with van der Waals surface area (Å²) in [6.07, 6.45) is 2.15. The van der Waals surface area contributed by atoms with Crippen molar-refractivity contribution >= 4 is 16.9 Å². The van der Waals surface area contributed by atoms with Crippen molar-refractivity contribution in [3.05, 3.63) is 111 Å². The zero-order valence-corrected chi connectivity index (χ0v) is 17.0. The Morgan fingerprint density at radius 1 is 1.00 bits per heavy atom. The second-order valence-corrected chi connectivity index (χ2v) is 7.38. The maximum absolute atomic E-state index is 13.0. The highest BCUT2D eigenvalue weighted by molar-refractivity contribution is 5.87. The first-order valence-electron chi connectivity index (χ1n) is 9.85. The molecule has 31 heavy (non-hydrogen) atoms. The first-order valence-corrected chi connectivity index (χ1v) is 9.85. The molecule has 1 N–H and O–H groups in total. The molecule has 4 rings (SSSR count). The van der Waals surface area contributed by atoms with Crippen molar-refractivity contribution in [3.8, 4) is 11.8 Å². The number of rotatable bonds is 4. The van der Waals surface area contributed by atoms with E-state index in [0.29, 0.717) is 23.9 Å². The van der Waals surface area contributed by atoms with E-state index in [1.54, 1.807) is 24.3 Å². The number of carbonyl (C=O) groups is 1. The fourth-order valence-corrected chi connectivity index (χ4v) is 3.25. The molecule has 0 radical (unpaired) electrons. The third kappa shape index (κ3) is 4.71. The maximum Gasteiger partial charge on any atom is 0.335 e. The molecule has 0 saturated heterocycles. The summed E-state index contributed by atoms with van der Waals surface area (Å²) in [6.45, 7) is 2.36. The van der Waals surface area contributed by atoms with E-state index in [1.165, 1.54) is 28.6 Å². The van der Waals surface area contributed by atoms with Gasteiger partial charge < -0.3 is 5.11 Å². The molecule has 1 aromatic heterocycles. The lowest BCUT2D eigenvalue weighted by atomic mass is 10.1. The number of benzene rings is 3. The van der Waals surface area contributed by atoms with Crippen LogP contribution in [0.2, 0.25) is 0 Å². The molecule has 0 atom stereocenters. The van der Waals surface area contributed by atoms with Gasteiger partial charge >= 0.3 is 5.97 Å². The van der Waals surface area contributed by atoms with Crippen molar-refractivity contribution in [3.63, 3.8) is 0 Å². The molecule has 5 nitrogen and oxygen atoms in total. The number of hydrogen-bond acceptors (Lipinski definition) is 3. The van der Waals surface area contributed by atoms with Gasteiger partial charge in [0.2, 0.25) is 0 Å². The fraction of sp³-hybridized carbons (Fsp3) is 0.115. The van der Waals surface area contributed by atoms with Crippen molar-refractivity contribution in [1.29, 1.82) is 0 Å². The smallest absolute Gasteiger partial charge is 0.335 e. The third-order valence-electron chi connectivity index (χ3n) is 5.02. The van der Waals surface area contributed by atoms with Crippen LogP contribution in [0.5, 0.6) is 0 Å². The number of carboxylic acid groups (broad SMARTS) is 1. The van der Waals surface area contributed by atoms with Crippen LogP contribution in [0.3, 0.4) is 0 Å². The third-order valence-corrected chi connectivity index (χ3v) is 5.02. The molecule has 0 fully saturated rings. The molecule has 0 aliphatic carbocycles. The average molecular weight is 408 g/mol. The second-order valence-electron chi connectivity index (χ2n) is 7.38. The van der Waals surface area contributed by atoms with Crippen LogP contribution in [-0.4, -0.2) is 20.6 Å². The van der Waals surface area contributed by atoms with Gasteiger partial charge in [0.25, 0.3) is 5.56 Å². The fourth-order valence-electron chi connectivity index (χ4n) is 3.25. The molecule has 4 aromatic rings. The predicted octanol–water partition coefficient (Wildman–Crippen LogP) is 4.05. The van der Waals surface area contributed by atoms with Crippen LogP contribution >= 0.6 is 0 Å². The van der Waals surface area contributed by atoms with Crippen molar-refractivity contribution in [2.24, 2.45) is 0 Å². The molecular weight excluding hydrogens is 388 g/mol. The minimum Gasteiger partial charge on any atom is -0.478 e. The number of nitrogens with zero attached hydrogens (tertiary/aromatic N) is 2. The van der Waals surface area contributed by atoms with E-state index >= 15 is 0 Å². The van der Waals surface area contributed by atoms with E-state index < -0.39 is 5.97 Å². The molecule has 3 aromatic carbocycles. The topological polar surface area (TPSA) is 72.2 Å². The molecule has 0 aliphatic heterocycles. The Bertz CT molecular complexity index is 1370. The van der Waals surface area contributed by atoms with E-state index in [4.69, 9.17) is 5.11 Å². The average Bonchev–Trinajstić information content (AvgIpc) is 2.78. The summed E-state index contributed by atoms with van der Waals surface area (Å²) in [4.78, 5) is 28.3. The zero-order valence-electron chi connectivity index (χ0n) is 17.0. The number of carboxylic acids is 1. The predicted molar refractivity (Wildman–Crippen MR) is 120 cm³/mol. The summed E-state index contributed by atoms with van der Waals surface area (Å²) in [5.41, 5.74) is 4.62. The van der Waals surface area contributed by atoms with Gasteiger partial charge in [-0.25, -0.2) is 9.78 Å². The van der Waals surface area contributed by atoms with Gasteiger partial charge in [-0.3, -0.25) is 9.36 Å². The number of aryl methyl sites for hydroxylation is 1. The Labute approximate surface area is 179 Å². The van der Waals surface area contributed by atoms with Crippen LogP contribution in [0.15, 0.2) is 77.9 Å². The van der Waals surface area contributed by atoms with E-state index in [0.717, 1.165) is 16.7 Å². The minimum absolute atomic E-state index is 0.158. The highest BCUT2D eigenvalue weighted by atomic mass is 16.4. The van der Waals surface area contributed by atoms with Crippen LogP contribution in [0.25, 0.3) is 10.9 Å². The van der Waals surface area contributed by atoms with Crippen molar-refractivity contribution < 1.29 is 9.90 Å². The monoisotopic (exact) mass is 408 g/mol. The van der Waals surface area contributed by atoms with E-state index in [1.807, 2.05) is 6.07 Å². The molecule has 0 spiro atoms. The van der Waals surface area contributed by atoms with Gasteiger partial charge in [0.05, 0.1) is 29.3 Å². The standard InChI is InChI=1S/C26H20N2O3/c1-18-5-7-19(8-6-18)3-2-4-20-11-14-24-23(15-20)25(29)28(17-27-24)16-21-9-12-22(13-10-21)26(30)31/h5-15,17H,3,16H2,1H3,(H,30,31). The quantitative estimate of drug-likeness (QED) is 0.517. The summed E-state index contributed by atoms with van der Waals surface area (Å²) in [7, 11) is 0. The normalized spacial score (nSPS) is 10.5. The van der Waals surface area contributed by atoms with E-state index in [9.17, 15) is 9.59 Å². The van der Waals surface area contributed by atoms with Crippen molar-refractivity contribution in [2.75, 3.05) is 0 Å². The largest absolute Gasteiger partial charge is 0.478 e. The summed E-state index contributed by atoms with van der Waals surface area (Å²) in [6, 6.07) is 20.2. The molecular formula is C26H20N2O3. The van der Waals surface area contributed by atoms with Crippen LogP contribution in [-0.2, 0) is 13.0 Å². The molecule has 152 valence electrons.